The van der Waals surface area contributed by atoms with Crippen molar-refractivity contribution >= 4 is 85.4 Å². The summed E-state index contributed by atoms with van der Waals surface area (Å²) in [5, 5.41) is 4.11. The Morgan fingerprint density at radius 1 is 0.926 bits per heavy atom. The highest BCUT2D eigenvalue weighted by Gasteiger charge is 2.17. The van der Waals surface area contributed by atoms with Gasteiger partial charge in [-0.1, -0.05) is 53.0 Å². The number of carbonyl (C=O) groups is 2. The first-order chi connectivity index (χ1) is 12.8. The van der Waals surface area contributed by atoms with Crippen molar-refractivity contribution in [1.29, 1.82) is 0 Å². The number of carbonyl (C=O) groups excluding carboxylic acids is 2. The van der Waals surface area contributed by atoms with Gasteiger partial charge < -0.3 is 0 Å². The topological polar surface area (TPSA) is 70.2 Å². The van der Waals surface area contributed by atoms with E-state index >= 15 is 0 Å². The number of halogens is 3. The molecule has 0 fully saturated rings. The number of nitrogens with one attached hydrogen (secondary N) is 3. The van der Waals surface area contributed by atoms with Crippen LogP contribution in [0.5, 0.6) is 0 Å². The van der Waals surface area contributed by atoms with Gasteiger partial charge in [0.25, 0.3) is 11.8 Å². The first-order valence-electron chi connectivity index (χ1n) is 7.40. The molecule has 0 bridgehead atoms. The fourth-order valence-corrected chi connectivity index (χ4v) is 4.30. The summed E-state index contributed by atoms with van der Waals surface area (Å²) in [6.45, 7) is 0. The molecule has 0 aliphatic rings. The molecule has 0 saturated heterocycles. The van der Waals surface area contributed by atoms with Gasteiger partial charge in [-0.05, 0) is 36.5 Å². The monoisotopic (exact) mass is 457 g/mol. The molecule has 3 N–H and O–H groups in total. The van der Waals surface area contributed by atoms with Crippen LogP contribution in [0.2, 0.25) is 15.1 Å². The summed E-state index contributed by atoms with van der Waals surface area (Å²) in [5.41, 5.74) is 5.11. The van der Waals surface area contributed by atoms with Gasteiger partial charge in [-0.2, -0.15) is 0 Å². The highest BCUT2D eigenvalue weighted by Crippen LogP contribution is 2.34. The second kappa shape index (κ2) is 8.41. The van der Waals surface area contributed by atoms with Crippen molar-refractivity contribution < 1.29 is 9.59 Å². The van der Waals surface area contributed by atoms with Crippen LogP contribution in [0, 0.1) is 0 Å². The molecule has 10 heteroatoms. The van der Waals surface area contributed by atoms with Crippen molar-refractivity contribution in [2.75, 3.05) is 0 Å². The molecule has 1 heterocycles. The van der Waals surface area contributed by atoms with Crippen LogP contribution < -0.4 is 16.2 Å². The molecule has 2 aromatic carbocycles. The van der Waals surface area contributed by atoms with Gasteiger partial charge in [-0.3, -0.25) is 25.8 Å². The highest BCUT2D eigenvalue weighted by atomic mass is 35.5. The van der Waals surface area contributed by atoms with Crippen LogP contribution in [0.25, 0.3) is 10.1 Å². The summed E-state index contributed by atoms with van der Waals surface area (Å²) < 4.78 is 0.890. The lowest BCUT2D eigenvalue weighted by molar-refractivity contribution is 0.0938. The van der Waals surface area contributed by atoms with Crippen LogP contribution in [-0.4, -0.2) is 16.9 Å². The molecule has 2 amide bonds. The van der Waals surface area contributed by atoms with Gasteiger partial charge >= 0.3 is 0 Å². The predicted molar refractivity (Wildman–Crippen MR) is 114 cm³/mol. The fraction of sp³-hybridized carbons (Fsp3) is 0. The Labute approximate surface area is 178 Å². The SMILES string of the molecule is O=C(NC(=S)NNC(=O)c1sc2ccccc2c1Cl)c1cc(Cl)cc(Cl)c1. The van der Waals surface area contributed by atoms with E-state index in [1.54, 1.807) is 0 Å². The zero-order valence-electron chi connectivity index (χ0n) is 13.3. The summed E-state index contributed by atoms with van der Waals surface area (Å²) in [4.78, 5) is 24.8. The average molecular weight is 459 g/mol. The molecule has 3 aromatic rings. The van der Waals surface area contributed by atoms with Crippen molar-refractivity contribution in [3.05, 3.63) is 68.0 Å². The van der Waals surface area contributed by atoms with Crippen LogP contribution in [0.1, 0.15) is 20.0 Å². The van der Waals surface area contributed by atoms with E-state index in [2.05, 4.69) is 16.2 Å². The molecule has 0 unspecified atom stereocenters. The van der Waals surface area contributed by atoms with Gasteiger partial charge in [-0.25, -0.2) is 0 Å². The fourth-order valence-electron chi connectivity index (χ4n) is 2.22. The summed E-state index contributed by atoms with van der Waals surface area (Å²) in [6.07, 6.45) is 0. The van der Waals surface area contributed by atoms with Gasteiger partial charge in [0.2, 0.25) is 0 Å². The molecule has 1 aromatic heterocycles. The van der Waals surface area contributed by atoms with E-state index in [0.717, 1.165) is 10.1 Å². The van der Waals surface area contributed by atoms with E-state index in [-0.39, 0.29) is 10.7 Å². The molecular formula is C17H10Cl3N3O2S2. The number of hydrogen-bond acceptors (Lipinski definition) is 4. The second-order valence-corrected chi connectivity index (χ2v) is 7.97. The molecular weight excluding hydrogens is 449 g/mol. The largest absolute Gasteiger partial charge is 0.298 e. The Kier molecular flexibility index (Phi) is 6.18. The highest BCUT2D eigenvalue weighted by molar-refractivity contribution is 7.80. The Morgan fingerprint density at radius 3 is 2.26 bits per heavy atom. The van der Waals surface area contributed by atoms with Crippen LogP contribution >= 0.6 is 58.4 Å². The third-order valence-corrected chi connectivity index (χ3v) is 5.70. The number of hydrazine groups is 1. The van der Waals surface area contributed by atoms with Crippen molar-refractivity contribution in [2.45, 2.75) is 0 Å². The first-order valence-corrected chi connectivity index (χ1v) is 9.76. The number of amides is 2. The maximum atomic E-state index is 12.3. The molecule has 138 valence electrons. The summed E-state index contributed by atoms with van der Waals surface area (Å²) in [6, 6.07) is 11.8. The zero-order chi connectivity index (χ0) is 19.6. The minimum atomic E-state index is -0.522. The smallest absolute Gasteiger partial charge is 0.281 e. The molecule has 0 saturated carbocycles. The maximum Gasteiger partial charge on any atom is 0.281 e. The molecule has 0 aliphatic heterocycles. The summed E-state index contributed by atoms with van der Waals surface area (Å²) in [7, 11) is 0. The minimum absolute atomic E-state index is 0.0957. The molecule has 0 aliphatic carbocycles. The lowest BCUT2D eigenvalue weighted by Gasteiger charge is -2.10. The standard InChI is InChI=1S/C17H10Cl3N3O2S2/c18-9-5-8(6-10(19)7-9)15(24)21-17(26)23-22-16(25)14-13(20)11-3-1-2-4-12(11)27-14/h1-7H,(H,22,25)(H2,21,23,24,26). The summed E-state index contributed by atoms with van der Waals surface area (Å²) in [5.74, 6) is -0.991. The predicted octanol–water partition coefficient (Wildman–Crippen LogP) is 4.81. The van der Waals surface area contributed by atoms with Crippen LogP contribution in [0.3, 0.4) is 0 Å². The van der Waals surface area contributed by atoms with E-state index in [1.807, 2.05) is 24.3 Å². The molecule has 27 heavy (non-hydrogen) atoms. The number of fused-ring (bicyclic) bond motifs is 1. The Hall–Kier alpha value is -1.90. The zero-order valence-corrected chi connectivity index (χ0v) is 17.2. The van der Waals surface area contributed by atoms with E-state index in [4.69, 9.17) is 47.0 Å². The van der Waals surface area contributed by atoms with Crippen LogP contribution in [0.15, 0.2) is 42.5 Å². The van der Waals surface area contributed by atoms with Crippen LogP contribution in [-0.2, 0) is 0 Å². The molecule has 5 nitrogen and oxygen atoms in total. The van der Waals surface area contributed by atoms with Gasteiger partial charge in [0.05, 0.1) is 5.02 Å². The molecule has 0 atom stereocenters. The number of rotatable bonds is 2. The van der Waals surface area contributed by atoms with E-state index in [9.17, 15) is 9.59 Å². The van der Waals surface area contributed by atoms with Crippen LogP contribution in [0.4, 0.5) is 0 Å². The van der Waals surface area contributed by atoms with E-state index < -0.39 is 11.8 Å². The van der Waals surface area contributed by atoms with Crippen molar-refractivity contribution in [3.8, 4) is 0 Å². The van der Waals surface area contributed by atoms with Gasteiger partial charge in [0.15, 0.2) is 5.11 Å². The minimum Gasteiger partial charge on any atom is -0.298 e. The van der Waals surface area contributed by atoms with Gasteiger partial charge in [0, 0.05) is 25.7 Å². The van der Waals surface area contributed by atoms with Crippen molar-refractivity contribution in [2.24, 2.45) is 0 Å². The Bertz CT molecular complexity index is 1050. The molecule has 0 spiro atoms. The first kappa shape index (κ1) is 19.9. The van der Waals surface area contributed by atoms with E-state index in [1.165, 1.54) is 29.5 Å². The Morgan fingerprint density at radius 2 is 1.59 bits per heavy atom. The third kappa shape index (κ3) is 4.69. The average Bonchev–Trinajstić information content (AvgIpc) is 2.96. The number of hydrogen-bond donors (Lipinski definition) is 3. The quantitative estimate of drug-likeness (QED) is 0.381. The molecule has 3 rings (SSSR count). The number of thiophene rings is 1. The second-order valence-electron chi connectivity index (χ2n) is 5.26. The summed E-state index contributed by atoms with van der Waals surface area (Å²) >= 11 is 24.3. The van der Waals surface area contributed by atoms with E-state index in [0.29, 0.717) is 19.9 Å². The molecule has 0 radical (unpaired) electrons. The normalized spacial score (nSPS) is 10.5. The third-order valence-electron chi connectivity index (χ3n) is 3.38. The number of benzene rings is 2. The maximum absolute atomic E-state index is 12.3. The Balaban J connectivity index is 1.62. The van der Waals surface area contributed by atoms with Crippen molar-refractivity contribution in [1.82, 2.24) is 16.2 Å². The number of thiocarbonyl (C=S) groups is 1. The lowest BCUT2D eigenvalue weighted by Crippen LogP contribution is -2.48. The lowest BCUT2D eigenvalue weighted by atomic mass is 10.2. The van der Waals surface area contributed by atoms with Gasteiger partial charge in [-0.15, -0.1) is 11.3 Å². The van der Waals surface area contributed by atoms with Crippen molar-refractivity contribution in [3.63, 3.8) is 0 Å². The van der Waals surface area contributed by atoms with Gasteiger partial charge in [0.1, 0.15) is 4.88 Å².